The molecule has 3 N–H and O–H groups in total. The molecule has 0 saturated carbocycles. The van der Waals surface area contributed by atoms with Crippen LogP contribution in [0.25, 0.3) is 0 Å². The Hall–Kier alpha value is -2.50. The molecule has 3 rings (SSSR count). The topological polar surface area (TPSA) is 125 Å². The smallest absolute Gasteiger partial charge is 0.309 e. The van der Waals surface area contributed by atoms with E-state index < -0.39 is 48.1 Å². The Kier molecular flexibility index (Phi) is 11.5. The van der Waals surface area contributed by atoms with Crippen LogP contribution in [0.2, 0.25) is 0 Å². The first-order valence-corrected chi connectivity index (χ1v) is 15.3. The maximum Gasteiger partial charge on any atom is 0.309 e. The molecular formula is C27H37N3O6S2. The highest BCUT2D eigenvalue weighted by atomic mass is 33.1. The van der Waals surface area contributed by atoms with Crippen molar-refractivity contribution in [1.29, 1.82) is 0 Å². The Morgan fingerprint density at radius 1 is 1.05 bits per heavy atom. The highest BCUT2D eigenvalue weighted by Gasteiger charge is 2.35. The van der Waals surface area contributed by atoms with Crippen molar-refractivity contribution in [2.45, 2.75) is 69.9 Å². The summed E-state index contributed by atoms with van der Waals surface area (Å²) in [5, 5.41) is 16.5. The Morgan fingerprint density at radius 3 is 2.50 bits per heavy atom. The lowest BCUT2D eigenvalue weighted by molar-refractivity contribution is -0.152. The Morgan fingerprint density at radius 2 is 1.79 bits per heavy atom. The summed E-state index contributed by atoms with van der Waals surface area (Å²) in [5.74, 6) is -1.10. The number of aliphatic hydroxyl groups is 1. The fourth-order valence-corrected chi connectivity index (χ4v) is 6.51. The van der Waals surface area contributed by atoms with Gasteiger partial charge in [-0.25, -0.2) is 0 Å². The number of aliphatic hydroxyl groups excluding tert-OH is 1. The van der Waals surface area contributed by atoms with Crippen molar-refractivity contribution in [2.75, 3.05) is 18.6 Å². The maximum atomic E-state index is 13.6. The first kappa shape index (κ1) is 30.0. The molecular weight excluding hydrogens is 526 g/mol. The quantitative estimate of drug-likeness (QED) is 0.290. The van der Waals surface area contributed by atoms with Gasteiger partial charge in [0.2, 0.25) is 17.7 Å². The van der Waals surface area contributed by atoms with E-state index in [1.807, 2.05) is 50.3 Å². The summed E-state index contributed by atoms with van der Waals surface area (Å²) in [4.78, 5) is 54.6. The Labute approximate surface area is 231 Å². The summed E-state index contributed by atoms with van der Waals surface area (Å²) in [5.41, 5.74) is 0.861. The minimum Gasteiger partial charge on any atom is -0.457 e. The third kappa shape index (κ3) is 8.78. The molecule has 1 aromatic carbocycles. The van der Waals surface area contributed by atoms with E-state index in [0.717, 1.165) is 11.3 Å². The highest BCUT2D eigenvalue weighted by molar-refractivity contribution is 8.76. The molecule has 0 spiro atoms. The van der Waals surface area contributed by atoms with Gasteiger partial charge in [0.05, 0.1) is 25.0 Å². The van der Waals surface area contributed by atoms with E-state index in [0.29, 0.717) is 12.2 Å². The summed E-state index contributed by atoms with van der Waals surface area (Å²) in [6, 6.07) is 6.82. The number of hydrogen-bond donors (Lipinski definition) is 3. The molecule has 11 heteroatoms. The van der Waals surface area contributed by atoms with Crippen LogP contribution < -0.4 is 10.6 Å². The van der Waals surface area contributed by atoms with Crippen molar-refractivity contribution < 1.29 is 29.0 Å². The zero-order valence-corrected chi connectivity index (χ0v) is 23.6. The van der Waals surface area contributed by atoms with Crippen LogP contribution >= 0.6 is 21.6 Å². The second-order valence-electron chi connectivity index (χ2n) is 9.88. The van der Waals surface area contributed by atoms with Crippen LogP contribution in [0.4, 0.5) is 0 Å². The zero-order valence-electron chi connectivity index (χ0n) is 22.0. The van der Waals surface area contributed by atoms with Gasteiger partial charge >= 0.3 is 5.97 Å². The number of esters is 1. The van der Waals surface area contributed by atoms with Gasteiger partial charge in [-0.15, -0.1) is 0 Å². The first-order chi connectivity index (χ1) is 18.2. The van der Waals surface area contributed by atoms with Crippen molar-refractivity contribution in [3.63, 3.8) is 0 Å². The molecule has 0 aromatic heterocycles. The molecule has 0 unspecified atom stereocenters. The van der Waals surface area contributed by atoms with Crippen LogP contribution in [0.3, 0.4) is 0 Å². The van der Waals surface area contributed by atoms with Crippen molar-refractivity contribution in [3.8, 4) is 0 Å². The normalized spacial score (nSPS) is 28.6. The number of hydrogen-bond acceptors (Lipinski definition) is 8. The van der Waals surface area contributed by atoms with Crippen molar-refractivity contribution in [1.82, 2.24) is 15.5 Å². The van der Waals surface area contributed by atoms with Gasteiger partial charge in [0, 0.05) is 25.0 Å². The molecule has 1 saturated heterocycles. The fourth-order valence-electron chi connectivity index (χ4n) is 4.36. The molecule has 5 atom stereocenters. The van der Waals surface area contributed by atoms with Crippen molar-refractivity contribution in [2.24, 2.45) is 5.92 Å². The van der Waals surface area contributed by atoms with Crippen LogP contribution in [-0.2, 0) is 30.3 Å². The number of amides is 3. The zero-order chi connectivity index (χ0) is 27.7. The number of rotatable bonds is 3. The van der Waals surface area contributed by atoms with E-state index in [1.54, 1.807) is 23.9 Å². The molecule has 0 aliphatic carbocycles. The minimum atomic E-state index is -1.20. The van der Waals surface area contributed by atoms with Gasteiger partial charge < -0.3 is 25.4 Å². The molecule has 3 amide bonds. The number of carbonyl (C=O) groups excluding carboxylic acids is 4. The molecule has 9 nitrogen and oxygen atoms in total. The monoisotopic (exact) mass is 563 g/mol. The molecule has 2 bridgehead atoms. The third-order valence-electron chi connectivity index (χ3n) is 6.58. The van der Waals surface area contributed by atoms with Crippen LogP contribution in [0.15, 0.2) is 42.5 Å². The summed E-state index contributed by atoms with van der Waals surface area (Å²) in [7, 11) is 4.59. The number of nitrogens with zero attached hydrogens (tertiary/aromatic N) is 1. The van der Waals surface area contributed by atoms with E-state index in [9.17, 15) is 24.3 Å². The van der Waals surface area contributed by atoms with Gasteiger partial charge in [0.15, 0.2) is 0 Å². The van der Waals surface area contributed by atoms with Crippen LogP contribution in [0.1, 0.15) is 38.7 Å². The van der Waals surface area contributed by atoms with E-state index in [1.165, 1.54) is 15.7 Å². The first-order valence-electron chi connectivity index (χ1n) is 12.8. The number of nitrogens with one attached hydrogen (secondary N) is 2. The van der Waals surface area contributed by atoms with Crippen LogP contribution in [-0.4, -0.2) is 82.6 Å². The minimum absolute atomic E-state index is 0.149. The fraction of sp³-hybridized carbons (Fsp3) is 0.556. The lowest BCUT2D eigenvalue weighted by Crippen LogP contribution is -2.58. The number of carbonyl (C=O) groups is 4. The van der Waals surface area contributed by atoms with Crippen molar-refractivity contribution >= 4 is 45.3 Å². The highest BCUT2D eigenvalue weighted by Crippen LogP contribution is 2.24. The molecule has 208 valence electrons. The summed E-state index contributed by atoms with van der Waals surface area (Å²) >= 11 is 0. The summed E-state index contributed by atoms with van der Waals surface area (Å²) in [6.07, 6.45) is 1.96. The molecule has 1 fully saturated rings. The Bertz CT molecular complexity index is 1010. The van der Waals surface area contributed by atoms with E-state index in [-0.39, 0.29) is 31.1 Å². The second-order valence-corrected chi connectivity index (χ2v) is 12.5. The average molecular weight is 564 g/mol. The SMILES string of the molecule is CC(C)[C@H]1NC(=O)[C@H]2CSSCCC=C[C@H](CC(=O)N(C)[C@H](Cc3ccccc3)C(=O)N2)OC(=O)C[C@@H]1O. The van der Waals surface area contributed by atoms with Crippen LogP contribution in [0.5, 0.6) is 0 Å². The predicted octanol–water partition coefficient (Wildman–Crippen LogP) is 2.09. The van der Waals surface area contributed by atoms with Gasteiger partial charge in [0.1, 0.15) is 18.2 Å². The molecule has 38 heavy (non-hydrogen) atoms. The molecule has 0 radical (unpaired) electrons. The van der Waals surface area contributed by atoms with Crippen LogP contribution in [0, 0.1) is 5.92 Å². The van der Waals surface area contributed by atoms with E-state index in [4.69, 9.17) is 4.74 Å². The van der Waals surface area contributed by atoms with Gasteiger partial charge in [-0.3, -0.25) is 19.2 Å². The lowest BCUT2D eigenvalue weighted by Gasteiger charge is -2.31. The van der Waals surface area contributed by atoms with Gasteiger partial charge in [-0.05, 0) is 24.0 Å². The molecule has 2 aliphatic rings. The van der Waals surface area contributed by atoms with Gasteiger partial charge in [0.25, 0.3) is 0 Å². The van der Waals surface area contributed by atoms with Gasteiger partial charge in [-0.2, -0.15) is 0 Å². The summed E-state index contributed by atoms with van der Waals surface area (Å²) < 4.78 is 5.61. The maximum absolute atomic E-state index is 13.6. The molecule has 2 aliphatic heterocycles. The largest absolute Gasteiger partial charge is 0.457 e. The average Bonchev–Trinajstić information content (AvgIpc) is 2.87. The number of fused-ring (bicyclic) bond motifs is 7. The molecule has 1 aromatic rings. The summed E-state index contributed by atoms with van der Waals surface area (Å²) in [6.45, 7) is 3.67. The van der Waals surface area contributed by atoms with E-state index in [2.05, 4.69) is 10.6 Å². The van der Waals surface area contributed by atoms with E-state index >= 15 is 0 Å². The number of ether oxygens (including phenoxy) is 1. The van der Waals surface area contributed by atoms with Gasteiger partial charge in [-0.1, -0.05) is 71.8 Å². The standard InChI is InChI=1S/C27H37N3O6S2/c1-17(2)25-22(31)15-24(33)36-19-11-7-8-12-37-38-16-20(26(34)29-25)28-27(35)21(30(3)23(32)14-19)13-18-9-5-4-6-10-18/h4-7,9-11,17,19-22,25,31H,8,12-16H2,1-3H3,(H,28,35)(H,29,34)/t19-,20-,21-,22+,25-/m1/s1. The Balaban J connectivity index is 2.03. The number of benzene rings is 1. The molecule has 2 heterocycles. The predicted molar refractivity (Wildman–Crippen MR) is 149 cm³/mol. The lowest BCUT2D eigenvalue weighted by atomic mass is 9.96. The second kappa shape index (κ2) is 14.6. The van der Waals surface area contributed by atoms with Crippen molar-refractivity contribution in [3.05, 3.63) is 48.0 Å². The number of likely N-dealkylation sites (N-methyl/N-ethyl adjacent to an activating group) is 1. The number of allylic oxidation sites excluding steroid dienone is 1. The third-order valence-corrected chi connectivity index (χ3v) is 9.03.